The highest BCUT2D eigenvalue weighted by Gasteiger charge is 2.42. The molecular formula is C33H48N8O3Si. The van der Waals surface area contributed by atoms with Crippen molar-refractivity contribution in [3.63, 3.8) is 0 Å². The minimum absolute atomic E-state index is 0.0419. The van der Waals surface area contributed by atoms with Crippen LogP contribution in [0, 0.1) is 11.3 Å². The van der Waals surface area contributed by atoms with Gasteiger partial charge in [0.2, 0.25) is 5.95 Å². The summed E-state index contributed by atoms with van der Waals surface area (Å²) in [5, 5.41) is 21.8. The summed E-state index contributed by atoms with van der Waals surface area (Å²) < 4.78 is 20.1. The summed E-state index contributed by atoms with van der Waals surface area (Å²) >= 11 is 0. The molecule has 1 aromatic carbocycles. The molecule has 1 fully saturated rings. The van der Waals surface area contributed by atoms with Gasteiger partial charge in [0.25, 0.3) is 5.88 Å². The van der Waals surface area contributed by atoms with Crippen molar-refractivity contribution in [2.45, 2.75) is 77.7 Å². The van der Waals surface area contributed by atoms with Gasteiger partial charge in [-0.3, -0.25) is 9.58 Å². The van der Waals surface area contributed by atoms with Gasteiger partial charge in [-0.1, -0.05) is 27.7 Å². The van der Waals surface area contributed by atoms with E-state index in [0.29, 0.717) is 36.2 Å². The first-order chi connectivity index (χ1) is 21.3. The maximum atomic E-state index is 10.1. The van der Waals surface area contributed by atoms with E-state index in [2.05, 4.69) is 73.4 Å². The maximum Gasteiger partial charge on any atom is 0.257 e. The summed E-state index contributed by atoms with van der Waals surface area (Å²) in [5.74, 6) is 0.934. The van der Waals surface area contributed by atoms with E-state index < -0.39 is 8.32 Å². The zero-order valence-corrected chi connectivity index (χ0v) is 29.0. The number of fused-ring (bicyclic) bond motifs is 1. The van der Waals surface area contributed by atoms with E-state index in [1.807, 2.05) is 36.9 Å². The number of rotatable bonds is 11. The molecule has 3 aromatic rings. The standard InChI is InChI=1S/C33H48N8O3Si/c1-23(2)44-30-28(20-41(39-30)12-11-40-13-15-42-16-14-40)38-31-35-10-9-27(37-31)24-17-25(19-34)29-26(18-24)33(6,21-36-29)22-43-45(7,8)32(3,4)5/h9-10,17-18,20,23,36H,11-16,21-22H2,1-8H3,(H,35,37,38)/t33-/m1/s1. The molecule has 2 aromatic heterocycles. The Labute approximate surface area is 268 Å². The summed E-state index contributed by atoms with van der Waals surface area (Å²) in [4.78, 5) is 11.7. The molecule has 12 heteroatoms. The lowest BCUT2D eigenvalue weighted by molar-refractivity contribution is 0.0359. The molecule has 0 radical (unpaired) electrons. The molecule has 0 saturated carbocycles. The van der Waals surface area contributed by atoms with Crippen LogP contribution >= 0.6 is 0 Å². The molecule has 11 nitrogen and oxygen atoms in total. The van der Waals surface area contributed by atoms with E-state index in [9.17, 15) is 5.26 Å². The van der Waals surface area contributed by atoms with Crippen LogP contribution in [0.2, 0.25) is 18.1 Å². The maximum absolute atomic E-state index is 10.1. The number of morpholine rings is 1. The molecule has 45 heavy (non-hydrogen) atoms. The average molecular weight is 633 g/mol. The normalized spacial score (nSPS) is 18.8. The molecule has 242 valence electrons. The number of nitrogens with one attached hydrogen (secondary N) is 2. The van der Waals surface area contributed by atoms with Gasteiger partial charge in [0, 0.05) is 50.0 Å². The summed E-state index contributed by atoms with van der Waals surface area (Å²) in [6.45, 7) is 23.8. The van der Waals surface area contributed by atoms with Crippen LogP contribution in [0.15, 0.2) is 30.6 Å². The molecule has 0 bridgehead atoms. The van der Waals surface area contributed by atoms with Gasteiger partial charge in [-0.15, -0.1) is 5.10 Å². The van der Waals surface area contributed by atoms with Gasteiger partial charge in [-0.05, 0) is 55.7 Å². The molecule has 1 atom stereocenters. The second-order valence-electron chi connectivity index (χ2n) is 14.1. The number of ether oxygens (including phenoxy) is 2. The lowest BCUT2D eigenvalue weighted by Gasteiger charge is -2.39. The van der Waals surface area contributed by atoms with Crippen molar-refractivity contribution in [1.82, 2.24) is 24.6 Å². The topological polar surface area (TPSA) is 122 Å². The van der Waals surface area contributed by atoms with Crippen molar-refractivity contribution in [2.75, 3.05) is 56.6 Å². The van der Waals surface area contributed by atoms with E-state index in [-0.39, 0.29) is 16.6 Å². The van der Waals surface area contributed by atoms with Crippen molar-refractivity contribution < 1.29 is 13.9 Å². The quantitative estimate of drug-likeness (QED) is 0.252. The number of anilines is 3. The fraction of sp³-hybridized carbons (Fsp3) is 0.576. The third-order valence-corrected chi connectivity index (χ3v) is 13.6. The second kappa shape index (κ2) is 13.1. The minimum Gasteiger partial charge on any atom is -0.472 e. The van der Waals surface area contributed by atoms with Gasteiger partial charge in [0.05, 0.1) is 49.0 Å². The Kier molecular flexibility index (Phi) is 9.56. The highest BCUT2D eigenvalue weighted by atomic mass is 28.4. The molecular weight excluding hydrogens is 585 g/mol. The van der Waals surface area contributed by atoms with Crippen molar-refractivity contribution >= 4 is 25.6 Å². The largest absolute Gasteiger partial charge is 0.472 e. The zero-order valence-electron chi connectivity index (χ0n) is 28.0. The minimum atomic E-state index is -1.96. The predicted molar refractivity (Wildman–Crippen MR) is 180 cm³/mol. The van der Waals surface area contributed by atoms with E-state index in [1.165, 1.54) is 0 Å². The predicted octanol–water partition coefficient (Wildman–Crippen LogP) is 5.78. The van der Waals surface area contributed by atoms with Crippen LogP contribution in [0.25, 0.3) is 11.3 Å². The monoisotopic (exact) mass is 632 g/mol. The first-order valence-electron chi connectivity index (χ1n) is 15.9. The van der Waals surface area contributed by atoms with Crippen LogP contribution in [-0.2, 0) is 21.1 Å². The molecule has 2 N–H and O–H groups in total. The van der Waals surface area contributed by atoms with Crippen LogP contribution < -0.4 is 15.4 Å². The third-order valence-electron chi connectivity index (χ3n) is 9.14. The van der Waals surface area contributed by atoms with Crippen LogP contribution in [0.3, 0.4) is 0 Å². The van der Waals surface area contributed by atoms with Gasteiger partial charge >= 0.3 is 0 Å². The van der Waals surface area contributed by atoms with Gasteiger partial charge < -0.3 is 24.5 Å². The van der Waals surface area contributed by atoms with Crippen molar-refractivity contribution in [3.05, 3.63) is 41.7 Å². The highest BCUT2D eigenvalue weighted by molar-refractivity contribution is 6.74. The molecule has 5 rings (SSSR count). The number of hydrogen-bond acceptors (Lipinski definition) is 10. The molecule has 1 saturated heterocycles. The number of nitriles is 1. The number of nitrogens with zero attached hydrogens (tertiary/aromatic N) is 6. The molecule has 0 unspecified atom stereocenters. The Hall–Kier alpha value is -3.50. The first kappa shape index (κ1) is 32.9. The van der Waals surface area contributed by atoms with Crippen molar-refractivity contribution in [1.29, 1.82) is 5.26 Å². The van der Waals surface area contributed by atoms with Crippen molar-refractivity contribution in [3.8, 4) is 23.2 Å². The number of aromatic nitrogens is 4. The average Bonchev–Trinajstić information content (AvgIpc) is 3.54. The molecule has 2 aliphatic rings. The van der Waals surface area contributed by atoms with Crippen LogP contribution in [0.5, 0.6) is 5.88 Å². The SMILES string of the molecule is CC(C)Oc1nn(CCN2CCOCC2)cc1Nc1nccc(-c2cc(C#N)c3c(c2)[C@@](C)(CO[Si](C)(C)C(C)(C)C)CN3)n1. The Balaban J connectivity index is 1.39. The van der Waals surface area contributed by atoms with Crippen molar-refractivity contribution in [2.24, 2.45) is 0 Å². The Morgan fingerprint density at radius 1 is 1.20 bits per heavy atom. The summed E-state index contributed by atoms with van der Waals surface area (Å²) in [6.07, 6.45) is 3.63. The third kappa shape index (κ3) is 7.49. The molecule has 0 spiro atoms. The fourth-order valence-electron chi connectivity index (χ4n) is 5.29. The molecule has 4 heterocycles. The fourth-order valence-corrected chi connectivity index (χ4v) is 6.40. The highest BCUT2D eigenvalue weighted by Crippen LogP contribution is 2.44. The van der Waals surface area contributed by atoms with Gasteiger partial charge in [-0.2, -0.15) is 5.26 Å². The summed E-state index contributed by atoms with van der Waals surface area (Å²) in [6, 6.07) is 8.32. The van der Waals surface area contributed by atoms with Gasteiger partial charge in [0.15, 0.2) is 8.32 Å². The second-order valence-corrected chi connectivity index (χ2v) is 19.0. The summed E-state index contributed by atoms with van der Waals surface area (Å²) in [5.41, 5.74) is 4.57. The zero-order chi connectivity index (χ0) is 32.4. The molecule has 0 aliphatic carbocycles. The van der Waals surface area contributed by atoms with Crippen LogP contribution in [-0.4, -0.2) is 85.1 Å². The van der Waals surface area contributed by atoms with E-state index in [4.69, 9.17) is 24.0 Å². The molecule has 0 amide bonds. The number of hydrogen-bond donors (Lipinski definition) is 2. The van der Waals surface area contributed by atoms with Gasteiger partial charge in [0.1, 0.15) is 11.8 Å². The van der Waals surface area contributed by atoms with Crippen LogP contribution in [0.4, 0.5) is 17.3 Å². The van der Waals surface area contributed by atoms with E-state index >= 15 is 0 Å². The van der Waals surface area contributed by atoms with E-state index in [0.717, 1.165) is 61.9 Å². The van der Waals surface area contributed by atoms with Crippen LogP contribution in [0.1, 0.15) is 52.7 Å². The Morgan fingerprint density at radius 2 is 1.96 bits per heavy atom. The lowest BCUT2D eigenvalue weighted by atomic mass is 9.83. The Bertz CT molecular complexity index is 1540. The van der Waals surface area contributed by atoms with E-state index in [1.54, 1.807) is 6.20 Å². The lowest BCUT2D eigenvalue weighted by Crippen LogP contribution is -2.45. The Morgan fingerprint density at radius 3 is 2.64 bits per heavy atom. The summed E-state index contributed by atoms with van der Waals surface area (Å²) in [7, 11) is -1.96. The first-order valence-corrected chi connectivity index (χ1v) is 18.8. The number of benzene rings is 1. The van der Waals surface area contributed by atoms with Gasteiger partial charge in [-0.25, -0.2) is 9.97 Å². The molecule has 2 aliphatic heterocycles. The smallest absolute Gasteiger partial charge is 0.257 e.